The first kappa shape index (κ1) is 11.6. The molecule has 0 amide bonds. The summed E-state index contributed by atoms with van der Waals surface area (Å²) in [6.07, 6.45) is 3.07. The van der Waals surface area contributed by atoms with Crippen LogP contribution in [0.25, 0.3) is 11.0 Å². The summed E-state index contributed by atoms with van der Waals surface area (Å²) >= 11 is 5.70. The fraction of sp³-hybridized carbons (Fsp3) is 0.182. The molecule has 0 aliphatic rings. The molecule has 0 fully saturated rings. The number of hydrogen-bond acceptors (Lipinski definition) is 4. The van der Waals surface area contributed by atoms with Gasteiger partial charge in [-0.2, -0.15) is 0 Å². The monoisotopic (exact) mass is 251 g/mol. The second-order valence-corrected chi connectivity index (χ2v) is 3.72. The lowest BCUT2D eigenvalue weighted by atomic mass is 10.3. The zero-order valence-electron chi connectivity index (χ0n) is 9.18. The molecule has 0 aromatic carbocycles. The lowest BCUT2D eigenvalue weighted by Gasteiger charge is -2.08. The molecular formula is C11H10ClN3O2. The van der Waals surface area contributed by atoms with E-state index in [0.29, 0.717) is 11.0 Å². The SMILES string of the molecule is C=CCOc1cc2nc(Cl)ncc2n(C)c1=O. The number of nitrogens with zero attached hydrogens (tertiary/aromatic N) is 3. The van der Waals surface area contributed by atoms with Crippen LogP contribution in [0.1, 0.15) is 0 Å². The molecule has 0 saturated heterocycles. The van der Waals surface area contributed by atoms with Crippen molar-refractivity contribution in [3.63, 3.8) is 0 Å². The van der Waals surface area contributed by atoms with Gasteiger partial charge in [0.1, 0.15) is 6.61 Å². The predicted octanol–water partition coefficient (Wildman–Crippen LogP) is 1.55. The van der Waals surface area contributed by atoms with Crippen molar-refractivity contribution in [2.75, 3.05) is 6.61 Å². The van der Waals surface area contributed by atoms with Crippen LogP contribution in [0.4, 0.5) is 0 Å². The Morgan fingerprint density at radius 2 is 2.41 bits per heavy atom. The highest BCUT2D eigenvalue weighted by Gasteiger charge is 2.09. The maximum Gasteiger partial charge on any atom is 0.293 e. The van der Waals surface area contributed by atoms with E-state index >= 15 is 0 Å². The van der Waals surface area contributed by atoms with Crippen LogP contribution in [0, 0.1) is 0 Å². The van der Waals surface area contributed by atoms with Gasteiger partial charge >= 0.3 is 0 Å². The average molecular weight is 252 g/mol. The standard InChI is InChI=1S/C11H10ClN3O2/c1-3-4-17-9-5-7-8(15(2)10(9)16)6-13-11(12)14-7/h3,5-6H,1,4H2,2H3. The molecule has 0 atom stereocenters. The Kier molecular flexibility index (Phi) is 3.10. The molecule has 0 unspecified atom stereocenters. The van der Waals surface area contributed by atoms with Gasteiger partial charge in [-0.25, -0.2) is 9.97 Å². The highest BCUT2D eigenvalue weighted by Crippen LogP contribution is 2.15. The van der Waals surface area contributed by atoms with Gasteiger partial charge < -0.3 is 9.30 Å². The summed E-state index contributed by atoms with van der Waals surface area (Å²) in [4.78, 5) is 19.8. The molecule has 0 aliphatic heterocycles. The number of hydrogen-bond donors (Lipinski definition) is 0. The van der Waals surface area contributed by atoms with Crippen LogP contribution in [0.2, 0.25) is 5.28 Å². The third-order valence-corrected chi connectivity index (χ3v) is 2.45. The Bertz CT molecular complexity index is 636. The van der Waals surface area contributed by atoms with Crippen molar-refractivity contribution in [3.05, 3.63) is 40.6 Å². The van der Waals surface area contributed by atoms with Gasteiger partial charge in [0.15, 0.2) is 5.75 Å². The van der Waals surface area contributed by atoms with Crippen LogP contribution in [0.15, 0.2) is 29.7 Å². The van der Waals surface area contributed by atoms with E-state index in [-0.39, 0.29) is 23.2 Å². The first-order valence-electron chi connectivity index (χ1n) is 4.89. The van der Waals surface area contributed by atoms with Crippen molar-refractivity contribution < 1.29 is 4.74 Å². The van der Waals surface area contributed by atoms with E-state index in [1.807, 2.05) is 0 Å². The summed E-state index contributed by atoms with van der Waals surface area (Å²) in [7, 11) is 1.63. The van der Waals surface area contributed by atoms with E-state index in [2.05, 4.69) is 16.5 Å². The zero-order chi connectivity index (χ0) is 12.4. The van der Waals surface area contributed by atoms with Crippen molar-refractivity contribution in [3.8, 4) is 5.75 Å². The van der Waals surface area contributed by atoms with Gasteiger partial charge in [0.2, 0.25) is 5.28 Å². The Morgan fingerprint density at radius 1 is 1.65 bits per heavy atom. The highest BCUT2D eigenvalue weighted by molar-refractivity contribution is 6.28. The number of rotatable bonds is 3. The van der Waals surface area contributed by atoms with Crippen molar-refractivity contribution in [2.24, 2.45) is 7.05 Å². The lowest BCUT2D eigenvalue weighted by molar-refractivity contribution is 0.356. The molecule has 0 radical (unpaired) electrons. The third kappa shape index (κ3) is 2.14. The minimum absolute atomic E-state index is 0.130. The van der Waals surface area contributed by atoms with E-state index in [4.69, 9.17) is 16.3 Å². The smallest absolute Gasteiger partial charge is 0.293 e. The van der Waals surface area contributed by atoms with E-state index in [1.165, 1.54) is 10.8 Å². The van der Waals surface area contributed by atoms with E-state index in [1.54, 1.807) is 19.2 Å². The highest BCUT2D eigenvalue weighted by atomic mass is 35.5. The maximum atomic E-state index is 11.9. The van der Waals surface area contributed by atoms with Gasteiger partial charge in [0, 0.05) is 13.1 Å². The maximum absolute atomic E-state index is 11.9. The van der Waals surface area contributed by atoms with Crippen molar-refractivity contribution in [2.45, 2.75) is 0 Å². The molecule has 0 saturated carbocycles. The van der Waals surface area contributed by atoms with Crippen LogP contribution in [-0.2, 0) is 7.05 Å². The zero-order valence-corrected chi connectivity index (χ0v) is 9.94. The topological polar surface area (TPSA) is 57.0 Å². The predicted molar refractivity (Wildman–Crippen MR) is 65.5 cm³/mol. The van der Waals surface area contributed by atoms with E-state index in [9.17, 15) is 4.79 Å². The molecule has 0 N–H and O–H groups in total. The number of fused-ring (bicyclic) bond motifs is 1. The quantitative estimate of drug-likeness (QED) is 0.613. The molecule has 0 bridgehead atoms. The summed E-state index contributed by atoms with van der Waals surface area (Å²) in [5, 5.41) is 0.130. The largest absolute Gasteiger partial charge is 0.484 e. The first-order chi connectivity index (χ1) is 8.13. The Balaban J connectivity index is 2.67. The molecule has 5 nitrogen and oxygen atoms in total. The van der Waals surface area contributed by atoms with Crippen molar-refractivity contribution >= 4 is 22.6 Å². The van der Waals surface area contributed by atoms with Gasteiger partial charge in [-0.3, -0.25) is 4.79 Å². The molecule has 6 heteroatoms. The van der Waals surface area contributed by atoms with E-state index < -0.39 is 0 Å². The lowest BCUT2D eigenvalue weighted by Crippen LogP contribution is -2.20. The number of aryl methyl sites for hydroxylation is 1. The molecule has 0 aliphatic carbocycles. The Labute approximate surface area is 102 Å². The first-order valence-corrected chi connectivity index (χ1v) is 5.27. The normalized spacial score (nSPS) is 10.5. The molecule has 2 rings (SSSR count). The van der Waals surface area contributed by atoms with Gasteiger partial charge in [-0.1, -0.05) is 12.7 Å². The molecular weight excluding hydrogens is 242 g/mol. The van der Waals surface area contributed by atoms with E-state index in [0.717, 1.165) is 0 Å². The summed E-state index contributed by atoms with van der Waals surface area (Å²) in [6, 6.07) is 1.55. The van der Waals surface area contributed by atoms with Crippen LogP contribution in [-0.4, -0.2) is 21.1 Å². The molecule has 17 heavy (non-hydrogen) atoms. The summed E-state index contributed by atoms with van der Waals surface area (Å²) in [5.74, 6) is 0.217. The van der Waals surface area contributed by atoms with Gasteiger partial charge in [0.25, 0.3) is 5.56 Å². The molecule has 2 aromatic heterocycles. The average Bonchev–Trinajstić information content (AvgIpc) is 2.31. The number of pyridine rings is 1. The summed E-state index contributed by atoms with van der Waals surface area (Å²) in [5.41, 5.74) is 0.918. The van der Waals surface area contributed by atoms with Crippen LogP contribution in [0.3, 0.4) is 0 Å². The minimum Gasteiger partial charge on any atom is -0.484 e. The molecule has 88 valence electrons. The molecule has 0 spiro atoms. The Morgan fingerprint density at radius 3 is 3.12 bits per heavy atom. The molecule has 2 heterocycles. The van der Waals surface area contributed by atoms with Gasteiger partial charge in [-0.15, -0.1) is 0 Å². The minimum atomic E-state index is -0.245. The molecule has 2 aromatic rings. The third-order valence-electron chi connectivity index (χ3n) is 2.27. The summed E-state index contributed by atoms with van der Waals surface area (Å²) < 4.78 is 6.68. The number of halogens is 1. The van der Waals surface area contributed by atoms with Gasteiger partial charge in [0.05, 0.1) is 17.2 Å². The summed E-state index contributed by atoms with van der Waals surface area (Å²) in [6.45, 7) is 3.79. The fourth-order valence-electron chi connectivity index (χ4n) is 1.44. The fourth-order valence-corrected chi connectivity index (χ4v) is 1.58. The second-order valence-electron chi connectivity index (χ2n) is 3.38. The van der Waals surface area contributed by atoms with Crippen LogP contribution in [0.5, 0.6) is 5.75 Å². The van der Waals surface area contributed by atoms with Crippen molar-refractivity contribution in [1.29, 1.82) is 0 Å². The second kappa shape index (κ2) is 4.55. The number of ether oxygens (including phenoxy) is 1. The number of aromatic nitrogens is 3. The Hall–Kier alpha value is -1.88. The van der Waals surface area contributed by atoms with Crippen molar-refractivity contribution in [1.82, 2.24) is 14.5 Å². The van der Waals surface area contributed by atoms with Crippen LogP contribution < -0.4 is 10.3 Å². The van der Waals surface area contributed by atoms with Gasteiger partial charge in [-0.05, 0) is 11.6 Å². The van der Waals surface area contributed by atoms with Crippen LogP contribution >= 0.6 is 11.6 Å².